The second-order valence-electron chi connectivity index (χ2n) is 9.54. The van der Waals surface area contributed by atoms with Crippen molar-refractivity contribution in [2.45, 2.75) is 76.4 Å². The Labute approximate surface area is 281 Å². The molecule has 1 aliphatic heterocycles. The molecule has 0 bridgehead atoms. The molecule has 3 rings (SSSR count). The molecule has 1 amide bonds. The molecule has 0 spiro atoms. The SMILES string of the molecule is CC(C)C[C@H](NP(=O)([O-])O[C@@H]1O[C@@H](C)[C@H](O)[C@@H](O)[C@H]1O)C(=O)N[C@@H](Cc1c[nH]c2ccccc12)C(=O)[O-].O.O.[Na+].[Na+]. The van der Waals surface area contributed by atoms with Crippen molar-refractivity contribution in [1.82, 2.24) is 15.4 Å². The summed E-state index contributed by atoms with van der Waals surface area (Å²) in [4.78, 5) is 40.6. The van der Waals surface area contributed by atoms with Gasteiger partial charge in [-0.1, -0.05) is 32.0 Å². The number of aromatic nitrogens is 1. The number of aliphatic hydroxyl groups is 3. The summed E-state index contributed by atoms with van der Waals surface area (Å²) in [7, 11) is -5.10. The van der Waals surface area contributed by atoms with E-state index in [0.717, 1.165) is 10.9 Å². The second-order valence-corrected chi connectivity index (χ2v) is 11.0. The van der Waals surface area contributed by atoms with E-state index >= 15 is 0 Å². The number of benzene rings is 1. The van der Waals surface area contributed by atoms with E-state index in [9.17, 15) is 39.5 Å². The monoisotopic (exact) mass is 623 g/mol. The molecule has 0 saturated carbocycles. The second kappa shape index (κ2) is 18.4. The van der Waals surface area contributed by atoms with Gasteiger partial charge in [0.25, 0.3) is 0 Å². The average molecular weight is 624 g/mol. The molecule has 1 fully saturated rings. The van der Waals surface area contributed by atoms with Crippen molar-refractivity contribution in [2.24, 2.45) is 5.92 Å². The molecule has 1 saturated heterocycles. The molecule has 15 nitrogen and oxygen atoms in total. The van der Waals surface area contributed by atoms with Gasteiger partial charge in [0, 0.05) is 23.5 Å². The fraction of sp³-hybridized carbons (Fsp3) is 0.565. The quantitative estimate of drug-likeness (QED) is 0.101. The summed E-state index contributed by atoms with van der Waals surface area (Å²) in [5.74, 6) is -2.66. The molecule has 222 valence electrons. The third-order valence-corrected chi connectivity index (χ3v) is 7.20. The van der Waals surface area contributed by atoms with Gasteiger partial charge in [-0.2, -0.15) is 0 Å². The Balaban J connectivity index is 0. The number of hydrogen-bond donors (Lipinski definition) is 6. The third-order valence-electron chi connectivity index (χ3n) is 6.09. The Bertz CT molecular complexity index is 1160. The zero-order chi connectivity index (χ0) is 27.5. The number of hydrogen-bond acceptors (Lipinski definition) is 10. The van der Waals surface area contributed by atoms with Crippen molar-refractivity contribution >= 4 is 30.5 Å². The van der Waals surface area contributed by atoms with E-state index in [-0.39, 0.29) is 88.8 Å². The van der Waals surface area contributed by atoms with Crippen molar-refractivity contribution in [3.63, 3.8) is 0 Å². The smallest absolute Gasteiger partial charge is 0.766 e. The van der Waals surface area contributed by atoms with Crippen LogP contribution in [0, 0.1) is 5.92 Å². The topological polar surface area (TPSA) is 279 Å². The van der Waals surface area contributed by atoms with Crippen molar-refractivity contribution in [3.8, 4) is 0 Å². The molecule has 18 heteroatoms. The third kappa shape index (κ3) is 11.5. The Kier molecular flexibility index (Phi) is 19.2. The van der Waals surface area contributed by atoms with Gasteiger partial charge in [-0.3, -0.25) is 13.9 Å². The first kappa shape index (κ1) is 42.7. The number of carbonyl (C=O) groups excluding carboxylic acids is 2. The molecular weight excluding hydrogens is 587 g/mol. The zero-order valence-electron chi connectivity index (χ0n) is 23.6. The zero-order valence-corrected chi connectivity index (χ0v) is 28.5. The maximum absolute atomic E-state index is 13.0. The standard InChI is InChI=1S/C23H34N3O10P.2Na.2H2O/c1-11(2)8-16(26-37(33,34)36-23-20(29)19(28)18(27)12(3)35-23)21(30)25-17(22(31)32)9-13-10-24-15-7-5-4-6-14(13)15;;;;/h4-7,10-12,16-20,23-24,27-29H,8-9H2,1-3H3,(H,25,30)(H,31,32)(H2,26,33,34);;;2*1H2/q;2*+1;;/p-2/t12-,16-,17-,18-,19+,20+,23-;;;;/m0..../s1. The molecular formula is C23H36N3Na2O12P. The largest absolute Gasteiger partial charge is 1.00 e. The minimum Gasteiger partial charge on any atom is -0.766 e. The predicted molar refractivity (Wildman–Crippen MR) is 134 cm³/mol. The Morgan fingerprint density at radius 3 is 2.29 bits per heavy atom. The van der Waals surface area contributed by atoms with E-state index in [1.165, 1.54) is 6.92 Å². The van der Waals surface area contributed by atoms with Crippen LogP contribution in [0.4, 0.5) is 0 Å². The number of aliphatic carboxylic acids is 1. The molecule has 41 heavy (non-hydrogen) atoms. The number of aromatic amines is 1. The van der Waals surface area contributed by atoms with Crippen LogP contribution in [-0.4, -0.2) is 85.9 Å². The minimum absolute atomic E-state index is 0. The molecule has 2 heterocycles. The number of nitrogens with one attached hydrogen (secondary N) is 3. The van der Waals surface area contributed by atoms with Crippen LogP contribution in [0.15, 0.2) is 30.5 Å². The number of carboxylic acid groups (broad SMARTS) is 1. The molecule has 1 aromatic carbocycles. The maximum Gasteiger partial charge on any atom is 1.00 e. The number of fused-ring (bicyclic) bond motifs is 1. The number of carbonyl (C=O) groups is 2. The van der Waals surface area contributed by atoms with Crippen LogP contribution >= 0.6 is 7.75 Å². The van der Waals surface area contributed by atoms with Crippen LogP contribution in [0.5, 0.6) is 0 Å². The van der Waals surface area contributed by atoms with Gasteiger partial charge in [-0.05, 0) is 30.9 Å². The summed E-state index contributed by atoms with van der Waals surface area (Å²) in [5.41, 5.74) is 1.40. The molecule has 1 aromatic heterocycles. The fourth-order valence-electron chi connectivity index (χ4n) is 4.13. The van der Waals surface area contributed by atoms with Gasteiger partial charge in [-0.15, -0.1) is 0 Å². The van der Waals surface area contributed by atoms with Gasteiger partial charge in [-0.25, -0.2) is 5.09 Å². The van der Waals surface area contributed by atoms with E-state index in [4.69, 9.17) is 9.26 Å². The summed E-state index contributed by atoms with van der Waals surface area (Å²) in [6, 6.07) is 4.31. The van der Waals surface area contributed by atoms with Crippen LogP contribution < -0.4 is 79.5 Å². The van der Waals surface area contributed by atoms with Crippen molar-refractivity contribution in [2.75, 3.05) is 0 Å². The molecule has 8 atom stereocenters. The number of aliphatic hydroxyl groups excluding tert-OH is 3. The molecule has 10 N–H and O–H groups in total. The van der Waals surface area contributed by atoms with Crippen molar-refractivity contribution in [1.29, 1.82) is 0 Å². The molecule has 1 unspecified atom stereocenters. The van der Waals surface area contributed by atoms with Gasteiger partial charge >= 0.3 is 59.1 Å². The van der Waals surface area contributed by atoms with Gasteiger partial charge in [0.05, 0.1) is 24.2 Å². The van der Waals surface area contributed by atoms with E-state index in [2.05, 4.69) is 15.4 Å². The Morgan fingerprint density at radius 2 is 1.71 bits per heavy atom. The number of H-pyrrole nitrogens is 1. The Hall–Kier alpha value is -0.430. The number of ether oxygens (including phenoxy) is 1. The first-order valence-electron chi connectivity index (χ1n) is 11.8. The number of rotatable bonds is 11. The van der Waals surface area contributed by atoms with Crippen LogP contribution in [0.1, 0.15) is 32.8 Å². The van der Waals surface area contributed by atoms with E-state index in [1.54, 1.807) is 32.2 Å². The normalized spacial score (nSPS) is 24.8. The Morgan fingerprint density at radius 1 is 1.10 bits per heavy atom. The number of carboxylic acids is 1. The fourth-order valence-corrected chi connectivity index (χ4v) is 5.25. The molecule has 2 aromatic rings. The summed E-state index contributed by atoms with van der Waals surface area (Å²) in [5, 5.41) is 46.7. The van der Waals surface area contributed by atoms with Crippen LogP contribution in [0.25, 0.3) is 10.9 Å². The van der Waals surface area contributed by atoms with E-state index in [0.29, 0.717) is 5.56 Å². The molecule has 1 aliphatic rings. The van der Waals surface area contributed by atoms with Crippen LogP contribution in [-0.2, 0) is 29.8 Å². The first-order valence-corrected chi connectivity index (χ1v) is 13.4. The summed E-state index contributed by atoms with van der Waals surface area (Å²) in [6.45, 7) is 4.81. The predicted octanol–water partition coefficient (Wildman–Crippen LogP) is -9.38. The summed E-state index contributed by atoms with van der Waals surface area (Å²) < 4.78 is 22.7. The number of amides is 1. The minimum atomic E-state index is -5.10. The van der Waals surface area contributed by atoms with Crippen LogP contribution in [0.3, 0.4) is 0 Å². The van der Waals surface area contributed by atoms with Crippen molar-refractivity contribution < 1.29 is 119 Å². The van der Waals surface area contributed by atoms with Gasteiger partial charge < -0.3 is 56.1 Å². The average Bonchev–Trinajstić information content (AvgIpc) is 3.22. The van der Waals surface area contributed by atoms with Gasteiger partial charge in [0.1, 0.15) is 18.3 Å². The van der Waals surface area contributed by atoms with E-state index < -0.39 is 62.4 Å². The van der Waals surface area contributed by atoms with Crippen molar-refractivity contribution in [3.05, 3.63) is 36.0 Å². The summed E-state index contributed by atoms with van der Waals surface area (Å²) in [6.07, 6.45) is -6.47. The van der Waals surface area contributed by atoms with Gasteiger partial charge in [0.15, 0.2) is 6.29 Å². The number of para-hydroxylation sites is 1. The van der Waals surface area contributed by atoms with Gasteiger partial charge in [0.2, 0.25) is 13.7 Å². The molecule has 0 aliphatic carbocycles. The van der Waals surface area contributed by atoms with Crippen LogP contribution in [0.2, 0.25) is 0 Å². The molecule has 0 radical (unpaired) electrons. The first-order chi connectivity index (χ1) is 17.3. The summed E-state index contributed by atoms with van der Waals surface area (Å²) >= 11 is 0. The maximum atomic E-state index is 13.0. The van der Waals surface area contributed by atoms with E-state index in [1.807, 2.05) is 12.1 Å².